The third kappa shape index (κ3) is 4.05. The van der Waals surface area contributed by atoms with Crippen LogP contribution in [0.3, 0.4) is 0 Å². The Morgan fingerprint density at radius 1 is 1.39 bits per heavy atom. The van der Waals surface area contributed by atoms with E-state index in [9.17, 15) is 9.18 Å². The summed E-state index contributed by atoms with van der Waals surface area (Å²) in [5, 5.41) is 0. The Labute approximate surface area is 135 Å². The lowest BCUT2D eigenvalue weighted by molar-refractivity contribution is 0.196. The summed E-state index contributed by atoms with van der Waals surface area (Å²) in [6.07, 6.45) is 2.84. The highest BCUT2D eigenvalue weighted by Gasteiger charge is 2.23. The standard InChI is InChI=1S/C18H22FN3O/c1-2-16-10-17(23)21-18(20-16)14-6-4-8-22(12-14)11-13-5-3-7-15(19)9-13/h3,5,7,9-10,14H,2,4,6,8,11-12H2,1H3,(H,20,21,23)/t14-/m1/s1. The summed E-state index contributed by atoms with van der Waals surface area (Å²) in [4.78, 5) is 21.6. The highest BCUT2D eigenvalue weighted by molar-refractivity contribution is 5.16. The quantitative estimate of drug-likeness (QED) is 0.944. The fourth-order valence-corrected chi connectivity index (χ4v) is 3.22. The second kappa shape index (κ2) is 7.04. The van der Waals surface area contributed by atoms with Gasteiger partial charge in [0, 0.05) is 30.8 Å². The molecule has 4 nitrogen and oxygen atoms in total. The maximum atomic E-state index is 13.3. The Morgan fingerprint density at radius 3 is 3.04 bits per heavy atom. The normalized spacial score (nSPS) is 19.0. The molecule has 1 atom stereocenters. The average molecular weight is 315 g/mol. The van der Waals surface area contributed by atoms with Crippen molar-refractivity contribution in [3.63, 3.8) is 0 Å². The Bertz CT molecular complexity index is 728. The minimum atomic E-state index is -0.197. The summed E-state index contributed by atoms with van der Waals surface area (Å²) >= 11 is 0. The number of nitrogens with zero attached hydrogens (tertiary/aromatic N) is 2. The van der Waals surface area contributed by atoms with Gasteiger partial charge in [-0.05, 0) is 43.5 Å². The predicted octanol–water partition coefficient (Wildman–Crippen LogP) is 2.85. The monoisotopic (exact) mass is 315 g/mol. The summed E-state index contributed by atoms with van der Waals surface area (Å²) in [5.74, 6) is 0.826. The fraction of sp³-hybridized carbons (Fsp3) is 0.444. The third-order valence-corrected chi connectivity index (χ3v) is 4.36. The third-order valence-electron chi connectivity index (χ3n) is 4.36. The number of piperidine rings is 1. The first-order valence-electron chi connectivity index (χ1n) is 8.21. The molecule has 0 saturated carbocycles. The summed E-state index contributed by atoms with van der Waals surface area (Å²) in [7, 11) is 0. The van der Waals surface area contributed by atoms with Crippen molar-refractivity contribution in [2.24, 2.45) is 0 Å². The van der Waals surface area contributed by atoms with Crippen LogP contribution in [-0.2, 0) is 13.0 Å². The molecule has 1 aromatic heterocycles. The maximum Gasteiger partial charge on any atom is 0.251 e. The smallest absolute Gasteiger partial charge is 0.251 e. The van der Waals surface area contributed by atoms with Crippen LogP contribution in [0.4, 0.5) is 4.39 Å². The van der Waals surface area contributed by atoms with Crippen LogP contribution in [0.15, 0.2) is 35.1 Å². The van der Waals surface area contributed by atoms with Crippen LogP contribution in [0.2, 0.25) is 0 Å². The number of hydrogen-bond acceptors (Lipinski definition) is 3. The second-order valence-electron chi connectivity index (χ2n) is 6.18. The lowest BCUT2D eigenvalue weighted by Gasteiger charge is -2.32. The maximum absolute atomic E-state index is 13.3. The Morgan fingerprint density at radius 2 is 2.26 bits per heavy atom. The molecule has 2 aromatic rings. The van der Waals surface area contributed by atoms with Crippen molar-refractivity contribution < 1.29 is 4.39 Å². The van der Waals surface area contributed by atoms with E-state index in [0.717, 1.165) is 56.0 Å². The van der Waals surface area contributed by atoms with Crippen molar-refractivity contribution in [1.29, 1.82) is 0 Å². The van der Waals surface area contributed by atoms with Gasteiger partial charge in [-0.1, -0.05) is 19.1 Å². The van der Waals surface area contributed by atoms with Gasteiger partial charge in [0.1, 0.15) is 11.6 Å². The fourth-order valence-electron chi connectivity index (χ4n) is 3.22. The predicted molar refractivity (Wildman–Crippen MR) is 87.9 cm³/mol. The van der Waals surface area contributed by atoms with Crippen molar-refractivity contribution >= 4 is 0 Å². The van der Waals surface area contributed by atoms with Crippen molar-refractivity contribution in [3.8, 4) is 0 Å². The van der Waals surface area contributed by atoms with Gasteiger partial charge < -0.3 is 4.98 Å². The van der Waals surface area contributed by atoms with Gasteiger partial charge in [0.25, 0.3) is 5.56 Å². The zero-order valence-corrected chi connectivity index (χ0v) is 13.4. The number of likely N-dealkylation sites (tertiary alicyclic amines) is 1. The lowest BCUT2D eigenvalue weighted by atomic mass is 9.96. The number of aromatic amines is 1. The van der Waals surface area contributed by atoms with Gasteiger partial charge in [-0.15, -0.1) is 0 Å². The van der Waals surface area contributed by atoms with Crippen LogP contribution in [0.5, 0.6) is 0 Å². The van der Waals surface area contributed by atoms with E-state index in [1.54, 1.807) is 18.2 Å². The first-order valence-corrected chi connectivity index (χ1v) is 8.21. The van der Waals surface area contributed by atoms with E-state index in [-0.39, 0.29) is 17.3 Å². The van der Waals surface area contributed by atoms with E-state index in [4.69, 9.17) is 0 Å². The number of rotatable bonds is 4. The lowest BCUT2D eigenvalue weighted by Crippen LogP contribution is -2.35. The minimum Gasteiger partial charge on any atom is -0.310 e. The SMILES string of the molecule is CCc1cc(=O)[nH]c([C@@H]2CCCN(Cc3cccc(F)c3)C2)n1. The van der Waals surface area contributed by atoms with Crippen molar-refractivity contribution in [2.75, 3.05) is 13.1 Å². The van der Waals surface area contributed by atoms with E-state index in [1.165, 1.54) is 6.07 Å². The zero-order valence-electron chi connectivity index (χ0n) is 13.4. The van der Waals surface area contributed by atoms with E-state index in [1.807, 2.05) is 13.0 Å². The molecule has 3 rings (SSSR count). The summed E-state index contributed by atoms with van der Waals surface area (Å²) in [5.41, 5.74) is 1.74. The molecule has 1 aliphatic rings. The van der Waals surface area contributed by atoms with E-state index in [0.29, 0.717) is 0 Å². The molecule has 0 bridgehead atoms. The molecule has 1 aromatic carbocycles. The van der Waals surface area contributed by atoms with Gasteiger partial charge in [-0.3, -0.25) is 9.69 Å². The number of aromatic nitrogens is 2. The number of halogens is 1. The minimum absolute atomic E-state index is 0.0749. The molecule has 1 saturated heterocycles. The van der Waals surface area contributed by atoms with Gasteiger partial charge in [0.2, 0.25) is 0 Å². The van der Waals surface area contributed by atoms with Crippen LogP contribution in [0.25, 0.3) is 0 Å². The molecular formula is C18H22FN3O. The molecule has 23 heavy (non-hydrogen) atoms. The molecule has 0 amide bonds. The summed E-state index contributed by atoms with van der Waals surface area (Å²) in [6, 6.07) is 8.31. The van der Waals surface area contributed by atoms with E-state index >= 15 is 0 Å². The molecule has 0 radical (unpaired) electrons. The Balaban J connectivity index is 1.73. The number of H-pyrrole nitrogens is 1. The van der Waals surface area contributed by atoms with Gasteiger partial charge in [0.15, 0.2) is 0 Å². The van der Waals surface area contributed by atoms with Crippen LogP contribution >= 0.6 is 0 Å². The number of benzene rings is 1. The Kier molecular flexibility index (Phi) is 4.86. The topological polar surface area (TPSA) is 49.0 Å². The molecule has 1 aliphatic heterocycles. The van der Waals surface area contributed by atoms with Crippen molar-refractivity contribution in [2.45, 2.75) is 38.6 Å². The molecule has 5 heteroatoms. The summed E-state index contributed by atoms with van der Waals surface area (Å²) in [6.45, 7) is 4.56. The summed E-state index contributed by atoms with van der Waals surface area (Å²) < 4.78 is 13.3. The van der Waals surface area contributed by atoms with Gasteiger partial charge in [0.05, 0.1) is 0 Å². The molecular weight excluding hydrogens is 293 g/mol. The van der Waals surface area contributed by atoms with Gasteiger partial charge in [-0.2, -0.15) is 0 Å². The number of nitrogens with one attached hydrogen (secondary N) is 1. The van der Waals surface area contributed by atoms with Gasteiger partial charge in [-0.25, -0.2) is 9.37 Å². The molecule has 1 fully saturated rings. The van der Waals surface area contributed by atoms with E-state index < -0.39 is 0 Å². The highest BCUT2D eigenvalue weighted by Crippen LogP contribution is 2.25. The number of hydrogen-bond donors (Lipinski definition) is 1. The van der Waals surface area contributed by atoms with E-state index in [2.05, 4.69) is 14.9 Å². The Hall–Kier alpha value is -2.01. The van der Waals surface area contributed by atoms with Crippen molar-refractivity contribution in [3.05, 3.63) is 63.6 Å². The molecule has 1 N–H and O–H groups in total. The van der Waals surface area contributed by atoms with Crippen LogP contribution in [0.1, 0.15) is 42.8 Å². The number of aryl methyl sites for hydroxylation is 1. The first-order chi connectivity index (χ1) is 11.1. The largest absolute Gasteiger partial charge is 0.310 e. The van der Waals surface area contributed by atoms with Crippen LogP contribution < -0.4 is 5.56 Å². The first kappa shape index (κ1) is 15.9. The molecule has 0 unspecified atom stereocenters. The molecule has 0 aliphatic carbocycles. The zero-order chi connectivity index (χ0) is 16.2. The highest BCUT2D eigenvalue weighted by atomic mass is 19.1. The molecule has 2 heterocycles. The van der Waals surface area contributed by atoms with Crippen LogP contribution in [0, 0.1) is 5.82 Å². The molecule has 0 spiro atoms. The average Bonchev–Trinajstić information content (AvgIpc) is 2.54. The second-order valence-corrected chi connectivity index (χ2v) is 6.18. The van der Waals surface area contributed by atoms with Gasteiger partial charge >= 0.3 is 0 Å². The molecule has 122 valence electrons. The van der Waals surface area contributed by atoms with Crippen LogP contribution in [-0.4, -0.2) is 28.0 Å². The van der Waals surface area contributed by atoms with Crippen molar-refractivity contribution in [1.82, 2.24) is 14.9 Å².